The lowest BCUT2D eigenvalue weighted by molar-refractivity contribution is -0.115. The molecule has 0 aromatic rings. The van der Waals surface area contributed by atoms with Gasteiger partial charge in [-0.25, -0.2) is 5.90 Å². The minimum Gasteiger partial charge on any atom is -0.295 e. The van der Waals surface area contributed by atoms with E-state index in [0.29, 0.717) is 0 Å². The van der Waals surface area contributed by atoms with E-state index in [4.69, 9.17) is 11.6 Å². The van der Waals surface area contributed by atoms with Gasteiger partial charge in [-0.1, -0.05) is 0 Å². The lowest BCUT2D eigenvalue weighted by atomic mass is 10.8. The molecule has 0 rings (SSSR count). The zero-order valence-electron chi connectivity index (χ0n) is 2.98. The second kappa shape index (κ2) is 3.08. The number of hydrogen-bond acceptors (Lipinski definition) is 3. The van der Waals surface area contributed by atoms with E-state index in [1.807, 2.05) is 0 Å². The molecule has 0 atom stereocenters. The molecule has 3 nitrogen and oxygen atoms in total. The lowest BCUT2D eigenvalue weighted by Gasteiger charge is -1.82. The molecular weight excluding hydrogens is 105 g/mol. The summed E-state index contributed by atoms with van der Waals surface area (Å²) in [7, 11) is 0. The van der Waals surface area contributed by atoms with Gasteiger partial charge < -0.3 is 0 Å². The van der Waals surface area contributed by atoms with Gasteiger partial charge in [0.25, 0.3) is 0 Å². The summed E-state index contributed by atoms with van der Waals surface area (Å²) in [6.45, 7) is -0.221. The smallest absolute Gasteiger partial charge is 0.249 e. The predicted molar refractivity (Wildman–Crippen MR) is 21.0 cm³/mol. The topological polar surface area (TPSA) is 52.3 Å². The summed E-state index contributed by atoms with van der Waals surface area (Å²) < 4.78 is 0. The van der Waals surface area contributed by atoms with Crippen LogP contribution in [0.15, 0.2) is 0 Å². The van der Waals surface area contributed by atoms with Gasteiger partial charge in [0, 0.05) is 0 Å². The van der Waals surface area contributed by atoms with Gasteiger partial charge in [-0.15, -0.1) is 0 Å². The van der Waals surface area contributed by atoms with Gasteiger partial charge in [-0.2, -0.15) is 0 Å². The first-order valence-electron chi connectivity index (χ1n) is 1.27. The second-order valence-electron chi connectivity index (χ2n) is 0.666. The van der Waals surface area contributed by atoms with Gasteiger partial charge >= 0.3 is 0 Å². The summed E-state index contributed by atoms with van der Waals surface area (Å²) in [5.74, 6) is 4.42. The molecule has 0 saturated heterocycles. The maximum absolute atomic E-state index is 9.60. The van der Waals surface area contributed by atoms with Crippen molar-refractivity contribution in [2.75, 3.05) is 6.61 Å². The molecule has 0 aromatic heterocycles. The molecule has 0 spiro atoms. The number of rotatable bonds is 2. The highest BCUT2D eigenvalue weighted by Gasteiger charge is 1.88. The molecule has 4 heteroatoms. The first-order valence-corrected chi connectivity index (χ1v) is 1.65. The van der Waals surface area contributed by atoms with E-state index >= 15 is 0 Å². The number of nitrogens with two attached hydrogens (primary N) is 1. The van der Waals surface area contributed by atoms with Crippen LogP contribution in [-0.4, -0.2) is 11.8 Å². The van der Waals surface area contributed by atoms with Gasteiger partial charge in [0.2, 0.25) is 5.24 Å². The molecule has 0 fully saturated rings. The number of carbonyl (C=O) groups is 1. The third-order valence-electron chi connectivity index (χ3n) is 0.197. The van der Waals surface area contributed by atoms with E-state index in [1.54, 1.807) is 0 Å². The van der Waals surface area contributed by atoms with Crippen LogP contribution >= 0.6 is 11.6 Å². The van der Waals surface area contributed by atoms with E-state index in [9.17, 15) is 4.79 Å². The molecule has 2 N–H and O–H groups in total. The Balaban J connectivity index is 2.83. The Hall–Kier alpha value is -0.120. The quantitative estimate of drug-likeness (QED) is 0.389. The Morgan fingerprint density at radius 1 is 2.00 bits per heavy atom. The van der Waals surface area contributed by atoms with E-state index < -0.39 is 5.24 Å². The summed E-state index contributed by atoms with van der Waals surface area (Å²) in [6.07, 6.45) is 0. The highest BCUT2D eigenvalue weighted by atomic mass is 35.5. The zero-order valence-corrected chi connectivity index (χ0v) is 3.73. The third kappa shape index (κ3) is 3.88. The average molecular weight is 110 g/mol. The molecule has 0 heterocycles. The first-order chi connectivity index (χ1) is 2.77. The predicted octanol–water partition coefficient (Wildman–Crippen LogP) is -0.358. The van der Waals surface area contributed by atoms with Crippen LogP contribution in [0.2, 0.25) is 0 Å². The zero-order chi connectivity index (χ0) is 4.99. The molecule has 0 aromatic carbocycles. The van der Waals surface area contributed by atoms with Crippen LogP contribution < -0.4 is 5.90 Å². The molecule has 0 bridgehead atoms. The Labute approximate surface area is 40.0 Å². The van der Waals surface area contributed by atoms with Crippen LogP contribution in [0.1, 0.15) is 0 Å². The van der Waals surface area contributed by atoms with Crippen molar-refractivity contribution < 1.29 is 9.63 Å². The molecule has 0 radical (unpaired) electrons. The van der Waals surface area contributed by atoms with E-state index in [0.717, 1.165) is 0 Å². The van der Waals surface area contributed by atoms with Crippen molar-refractivity contribution in [3.63, 3.8) is 0 Å². The standard InChI is InChI=1S/C2H4ClNO2/c3-2(5)1-6-4/h1,4H2. The number of hydrogen-bond donors (Lipinski definition) is 1. The Morgan fingerprint density at radius 2 is 2.50 bits per heavy atom. The van der Waals surface area contributed by atoms with Gasteiger partial charge in [-0.3, -0.25) is 9.63 Å². The Kier molecular flexibility index (Phi) is 3.02. The van der Waals surface area contributed by atoms with Crippen molar-refractivity contribution in [1.29, 1.82) is 0 Å². The van der Waals surface area contributed by atoms with Crippen LogP contribution in [0.3, 0.4) is 0 Å². The molecule has 0 aliphatic heterocycles. The summed E-state index contributed by atoms with van der Waals surface area (Å²) in [5, 5.41) is -0.586. The molecule has 36 valence electrons. The normalized spacial score (nSPS) is 8.33. The Morgan fingerprint density at radius 3 is 2.50 bits per heavy atom. The van der Waals surface area contributed by atoms with Crippen molar-refractivity contribution >= 4 is 16.8 Å². The average Bonchev–Trinajstić information content (AvgIpc) is 1.35. The third-order valence-corrected chi connectivity index (χ3v) is 0.306. The van der Waals surface area contributed by atoms with Crippen LogP contribution in [0.25, 0.3) is 0 Å². The van der Waals surface area contributed by atoms with Crippen molar-refractivity contribution in [3.05, 3.63) is 0 Å². The maximum atomic E-state index is 9.60. The number of carbonyl (C=O) groups excluding carboxylic acids is 1. The minimum absolute atomic E-state index is 0.221. The van der Waals surface area contributed by atoms with Crippen LogP contribution in [0.4, 0.5) is 0 Å². The van der Waals surface area contributed by atoms with Crippen molar-refractivity contribution in [3.8, 4) is 0 Å². The van der Waals surface area contributed by atoms with Gasteiger partial charge in [0.05, 0.1) is 0 Å². The largest absolute Gasteiger partial charge is 0.295 e. The van der Waals surface area contributed by atoms with Gasteiger partial charge in [0.15, 0.2) is 0 Å². The summed E-state index contributed by atoms with van der Waals surface area (Å²) in [6, 6.07) is 0. The molecule has 0 aliphatic rings. The van der Waals surface area contributed by atoms with Gasteiger partial charge in [0.1, 0.15) is 6.61 Å². The van der Waals surface area contributed by atoms with E-state index in [1.165, 1.54) is 0 Å². The van der Waals surface area contributed by atoms with Crippen LogP contribution in [-0.2, 0) is 9.63 Å². The summed E-state index contributed by atoms with van der Waals surface area (Å²) in [4.78, 5) is 13.4. The van der Waals surface area contributed by atoms with Crippen molar-refractivity contribution in [1.82, 2.24) is 0 Å². The highest BCUT2D eigenvalue weighted by Crippen LogP contribution is 1.74. The summed E-state index contributed by atoms with van der Waals surface area (Å²) in [5.41, 5.74) is 0. The molecule has 0 aliphatic carbocycles. The second-order valence-corrected chi connectivity index (χ2v) is 1.09. The monoisotopic (exact) mass is 109 g/mol. The van der Waals surface area contributed by atoms with Crippen LogP contribution in [0.5, 0.6) is 0 Å². The fourth-order valence-corrected chi connectivity index (χ4v) is 0.129. The first kappa shape index (κ1) is 5.88. The van der Waals surface area contributed by atoms with Crippen LogP contribution in [0, 0.1) is 0 Å². The fraction of sp³-hybridized carbons (Fsp3) is 0.500. The van der Waals surface area contributed by atoms with Crippen molar-refractivity contribution in [2.45, 2.75) is 0 Å². The molecule has 0 saturated carbocycles. The molecular formula is C2H4ClNO2. The van der Waals surface area contributed by atoms with E-state index in [-0.39, 0.29) is 6.61 Å². The van der Waals surface area contributed by atoms with Crippen molar-refractivity contribution in [2.24, 2.45) is 5.90 Å². The molecule has 0 unspecified atom stereocenters. The molecule has 6 heavy (non-hydrogen) atoms. The van der Waals surface area contributed by atoms with Gasteiger partial charge in [-0.05, 0) is 11.6 Å². The van der Waals surface area contributed by atoms with E-state index in [2.05, 4.69) is 10.7 Å². The Bertz CT molecular complexity index is 55.5. The minimum atomic E-state index is -0.586. The summed E-state index contributed by atoms with van der Waals surface area (Å²) >= 11 is 4.73. The SMILES string of the molecule is NOCC(=O)Cl. The number of halogens is 1. The maximum Gasteiger partial charge on any atom is 0.249 e. The molecule has 0 amide bonds. The highest BCUT2D eigenvalue weighted by molar-refractivity contribution is 6.63. The lowest BCUT2D eigenvalue weighted by Crippen LogP contribution is -2.05. The fourth-order valence-electron chi connectivity index (χ4n) is 0.0655.